The molecule has 0 bridgehead atoms. The van der Waals surface area contributed by atoms with Crippen LogP contribution in [0.15, 0.2) is 40.2 Å². The zero-order valence-corrected chi connectivity index (χ0v) is 16.0. The minimum absolute atomic E-state index is 0.759. The highest BCUT2D eigenvalue weighted by Gasteiger charge is 2.08. The highest BCUT2D eigenvalue weighted by Crippen LogP contribution is 2.32. The molecule has 0 radical (unpaired) electrons. The van der Waals surface area contributed by atoms with E-state index in [2.05, 4.69) is 48.6 Å². The first-order chi connectivity index (χ1) is 12.1. The molecule has 0 aliphatic rings. The van der Waals surface area contributed by atoms with Crippen molar-refractivity contribution in [2.75, 3.05) is 6.61 Å². The maximum absolute atomic E-state index is 6.06. The van der Waals surface area contributed by atoms with E-state index in [-0.39, 0.29) is 0 Å². The number of ether oxygens (including phenoxy) is 1. The van der Waals surface area contributed by atoms with Crippen LogP contribution in [0.4, 0.5) is 0 Å². The van der Waals surface area contributed by atoms with Crippen LogP contribution >= 0.6 is 11.3 Å². The number of thiophene rings is 1. The number of aromatic nitrogens is 1. The van der Waals surface area contributed by atoms with Crippen molar-refractivity contribution >= 4 is 11.3 Å². The molecule has 2 aromatic heterocycles. The fourth-order valence-electron chi connectivity index (χ4n) is 3.05. The first kappa shape index (κ1) is 17.7. The van der Waals surface area contributed by atoms with Crippen molar-refractivity contribution in [2.24, 2.45) is 0 Å². The van der Waals surface area contributed by atoms with E-state index in [0.29, 0.717) is 0 Å². The van der Waals surface area contributed by atoms with Crippen molar-refractivity contribution in [3.63, 3.8) is 0 Å². The Bertz CT molecular complexity index is 782. The zero-order chi connectivity index (χ0) is 17.6. The molecule has 0 aliphatic heterocycles. The summed E-state index contributed by atoms with van der Waals surface area (Å²) in [6.07, 6.45) is 4.24. The van der Waals surface area contributed by atoms with Crippen LogP contribution in [0.3, 0.4) is 0 Å². The summed E-state index contributed by atoms with van der Waals surface area (Å²) in [7, 11) is 0. The molecule has 0 spiro atoms. The fourth-order valence-corrected chi connectivity index (χ4v) is 3.76. The summed E-state index contributed by atoms with van der Waals surface area (Å²) in [4.78, 5) is 1.31. The van der Waals surface area contributed by atoms with Crippen LogP contribution in [-0.4, -0.2) is 11.8 Å². The van der Waals surface area contributed by atoms with Crippen molar-refractivity contribution in [1.82, 2.24) is 5.16 Å². The first-order valence-electron chi connectivity index (χ1n) is 8.83. The molecule has 0 N–H and O–H groups in total. The summed E-state index contributed by atoms with van der Waals surface area (Å²) in [5.74, 6) is 2.01. The Balaban J connectivity index is 1.46. The van der Waals surface area contributed by atoms with E-state index in [0.717, 1.165) is 49.5 Å². The van der Waals surface area contributed by atoms with Gasteiger partial charge in [0.2, 0.25) is 0 Å². The summed E-state index contributed by atoms with van der Waals surface area (Å²) in [6.45, 7) is 6.97. The van der Waals surface area contributed by atoms with Crippen molar-refractivity contribution in [3.05, 3.63) is 58.3 Å². The number of unbranched alkanes of at least 4 members (excludes halogenated alkanes) is 2. The van der Waals surface area contributed by atoms with Gasteiger partial charge in [-0.15, -0.1) is 11.3 Å². The second-order valence-electron chi connectivity index (χ2n) is 6.51. The van der Waals surface area contributed by atoms with Gasteiger partial charge in [-0.25, -0.2) is 0 Å². The Hall–Kier alpha value is -2.07. The minimum atomic E-state index is 0.759. The van der Waals surface area contributed by atoms with Crippen molar-refractivity contribution in [2.45, 2.75) is 46.5 Å². The van der Waals surface area contributed by atoms with Crippen molar-refractivity contribution < 1.29 is 9.26 Å². The number of hydrogen-bond donors (Lipinski definition) is 0. The zero-order valence-electron chi connectivity index (χ0n) is 15.2. The molecule has 0 amide bonds. The smallest absolute Gasteiger partial charge is 0.136 e. The molecule has 25 heavy (non-hydrogen) atoms. The summed E-state index contributed by atoms with van der Waals surface area (Å²) in [6, 6.07) is 10.7. The molecule has 0 saturated heterocycles. The van der Waals surface area contributed by atoms with Gasteiger partial charge in [0.05, 0.1) is 12.3 Å². The van der Waals surface area contributed by atoms with Crippen LogP contribution in [-0.2, 0) is 6.42 Å². The lowest BCUT2D eigenvalue weighted by molar-refractivity contribution is 0.299. The Morgan fingerprint density at radius 1 is 1.04 bits per heavy atom. The molecular weight excluding hydrogens is 330 g/mol. The molecule has 3 rings (SSSR count). The third kappa shape index (κ3) is 4.73. The monoisotopic (exact) mass is 355 g/mol. The van der Waals surface area contributed by atoms with E-state index in [9.17, 15) is 0 Å². The maximum Gasteiger partial charge on any atom is 0.136 e. The number of hydrogen-bond acceptors (Lipinski definition) is 4. The van der Waals surface area contributed by atoms with Gasteiger partial charge in [-0.3, -0.25) is 0 Å². The number of nitrogens with zero attached hydrogens (tertiary/aromatic N) is 1. The van der Waals surface area contributed by atoms with Gasteiger partial charge in [-0.05, 0) is 80.3 Å². The van der Waals surface area contributed by atoms with Crippen LogP contribution in [0, 0.1) is 20.8 Å². The highest BCUT2D eigenvalue weighted by molar-refractivity contribution is 7.13. The lowest BCUT2D eigenvalue weighted by atomic mass is 10.0. The Kier molecular flexibility index (Phi) is 5.92. The summed E-state index contributed by atoms with van der Waals surface area (Å²) < 4.78 is 11.3. The van der Waals surface area contributed by atoms with E-state index in [1.54, 1.807) is 11.3 Å². The molecular formula is C21H25NO2S. The van der Waals surface area contributed by atoms with E-state index in [1.807, 2.05) is 13.0 Å². The van der Waals surface area contributed by atoms with Gasteiger partial charge >= 0.3 is 0 Å². The predicted octanol–water partition coefficient (Wildman–Crippen LogP) is 6.12. The van der Waals surface area contributed by atoms with Crippen LogP contribution < -0.4 is 4.74 Å². The molecule has 4 heteroatoms. The van der Waals surface area contributed by atoms with E-state index in [1.165, 1.54) is 21.6 Å². The second kappa shape index (κ2) is 8.34. The molecule has 0 fully saturated rings. The van der Waals surface area contributed by atoms with Crippen molar-refractivity contribution in [3.8, 4) is 16.2 Å². The first-order valence-corrected chi connectivity index (χ1v) is 9.71. The van der Waals surface area contributed by atoms with Gasteiger partial charge in [-0.1, -0.05) is 11.2 Å². The van der Waals surface area contributed by atoms with Crippen LogP contribution in [0.25, 0.3) is 10.4 Å². The highest BCUT2D eigenvalue weighted by atomic mass is 32.1. The number of benzene rings is 1. The molecule has 2 heterocycles. The summed E-state index contributed by atoms with van der Waals surface area (Å²) in [5, 5.41) is 6.03. The number of rotatable bonds is 8. The van der Waals surface area contributed by atoms with Gasteiger partial charge < -0.3 is 9.26 Å². The average Bonchev–Trinajstić information content (AvgIpc) is 3.24. The fraction of sp³-hybridized carbons (Fsp3) is 0.381. The van der Waals surface area contributed by atoms with Crippen LogP contribution in [0.5, 0.6) is 5.75 Å². The molecule has 3 aromatic rings. The average molecular weight is 356 g/mol. The van der Waals surface area contributed by atoms with Gasteiger partial charge in [0.25, 0.3) is 0 Å². The van der Waals surface area contributed by atoms with E-state index in [4.69, 9.17) is 9.26 Å². The molecule has 0 atom stereocenters. The molecule has 132 valence electrons. The minimum Gasteiger partial charge on any atom is -0.493 e. The molecule has 3 nitrogen and oxygen atoms in total. The standard InChI is InChI=1S/C21H25NO2S/c1-15-12-18(20-9-7-11-25-20)13-16(2)21(15)23-10-6-4-5-8-19-14-17(3)22-24-19/h7,9,11-14H,4-6,8,10H2,1-3H3. The second-order valence-corrected chi connectivity index (χ2v) is 7.46. The maximum atomic E-state index is 6.06. The molecule has 0 unspecified atom stereocenters. The Morgan fingerprint density at radius 3 is 2.48 bits per heavy atom. The van der Waals surface area contributed by atoms with Gasteiger partial charge in [-0.2, -0.15) is 0 Å². The lowest BCUT2D eigenvalue weighted by Gasteiger charge is -2.13. The SMILES string of the molecule is Cc1cc(CCCCCOc2c(C)cc(-c3cccs3)cc2C)on1. The third-order valence-electron chi connectivity index (χ3n) is 4.26. The molecule has 0 aliphatic carbocycles. The number of aryl methyl sites for hydroxylation is 4. The largest absolute Gasteiger partial charge is 0.493 e. The van der Waals surface area contributed by atoms with Crippen LogP contribution in [0.2, 0.25) is 0 Å². The lowest BCUT2D eigenvalue weighted by Crippen LogP contribution is -2.01. The summed E-state index contributed by atoms with van der Waals surface area (Å²) in [5.41, 5.74) is 4.65. The third-order valence-corrected chi connectivity index (χ3v) is 5.18. The summed E-state index contributed by atoms with van der Waals surface area (Å²) >= 11 is 1.77. The molecule has 0 saturated carbocycles. The van der Waals surface area contributed by atoms with Gasteiger partial charge in [0.1, 0.15) is 11.5 Å². The van der Waals surface area contributed by atoms with Gasteiger partial charge in [0.15, 0.2) is 0 Å². The normalized spacial score (nSPS) is 11.0. The van der Waals surface area contributed by atoms with Crippen LogP contribution in [0.1, 0.15) is 41.8 Å². The Morgan fingerprint density at radius 2 is 1.84 bits per heavy atom. The Labute approximate surface area is 153 Å². The molecule has 1 aromatic carbocycles. The van der Waals surface area contributed by atoms with Gasteiger partial charge in [0, 0.05) is 17.4 Å². The van der Waals surface area contributed by atoms with E-state index >= 15 is 0 Å². The quantitative estimate of drug-likeness (QED) is 0.457. The van der Waals surface area contributed by atoms with Crippen molar-refractivity contribution in [1.29, 1.82) is 0 Å². The topological polar surface area (TPSA) is 35.3 Å². The predicted molar refractivity (Wildman–Crippen MR) is 104 cm³/mol. The van der Waals surface area contributed by atoms with E-state index < -0.39 is 0 Å².